The number of nitrogens with zero attached hydrogens (tertiary/aromatic N) is 1. The van der Waals surface area contributed by atoms with Gasteiger partial charge >= 0.3 is 18.0 Å². The van der Waals surface area contributed by atoms with Gasteiger partial charge in [-0.3, -0.25) is 9.69 Å². The van der Waals surface area contributed by atoms with Crippen LogP contribution in [0.3, 0.4) is 0 Å². The smallest absolute Gasteiger partial charge is 0.421 e. The maximum Gasteiger partial charge on any atom is 0.421 e. The third kappa shape index (κ3) is 3.57. The molecule has 1 saturated heterocycles. The van der Waals surface area contributed by atoms with Gasteiger partial charge in [0.1, 0.15) is 6.04 Å². The number of halogens is 1. The first-order chi connectivity index (χ1) is 9.99. The molecule has 1 heterocycles. The van der Waals surface area contributed by atoms with Crippen LogP contribution in [0.1, 0.15) is 16.8 Å². The van der Waals surface area contributed by atoms with Gasteiger partial charge in [-0.15, -0.1) is 0 Å². The number of cyclic esters (lactones) is 1. The van der Waals surface area contributed by atoms with Crippen LogP contribution in [0.2, 0.25) is 0 Å². The summed E-state index contributed by atoms with van der Waals surface area (Å²) >= 11 is 5.20. The maximum atomic E-state index is 11.9. The van der Waals surface area contributed by atoms with Gasteiger partial charge in [-0.2, -0.15) is 0 Å². The lowest BCUT2D eigenvalue weighted by molar-refractivity contribution is -0.139. The summed E-state index contributed by atoms with van der Waals surface area (Å²) in [6, 6.07) is 6.69. The van der Waals surface area contributed by atoms with Crippen molar-refractivity contribution in [1.82, 2.24) is 4.90 Å². The molecule has 0 spiro atoms. The lowest BCUT2D eigenvalue weighted by atomic mass is 10.2. The molecule has 1 atom stereocenters. The molecule has 1 aromatic carbocycles. The highest BCUT2D eigenvalue weighted by molar-refractivity contribution is 6.63. The predicted octanol–water partition coefficient (Wildman–Crippen LogP) is 1.30. The average molecular weight is 312 g/mol. The van der Waals surface area contributed by atoms with Crippen LogP contribution in [-0.2, 0) is 19.1 Å². The van der Waals surface area contributed by atoms with Crippen LogP contribution in [0.4, 0.5) is 4.79 Å². The Bertz CT molecular complexity index is 588. The number of hydrogen-bond acceptors (Lipinski definition) is 6. The molecule has 110 valence electrons. The van der Waals surface area contributed by atoms with E-state index in [9.17, 15) is 19.2 Å². The van der Waals surface area contributed by atoms with E-state index in [2.05, 4.69) is 9.47 Å². The van der Waals surface area contributed by atoms with Crippen molar-refractivity contribution in [2.45, 2.75) is 12.5 Å². The van der Waals surface area contributed by atoms with Crippen LogP contribution in [-0.4, -0.2) is 40.9 Å². The molecule has 1 aliphatic rings. The van der Waals surface area contributed by atoms with Crippen molar-refractivity contribution >= 4 is 34.9 Å². The first-order valence-electron chi connectivity index (χ1n) is 5.92. The van der Waals surface area contributed by atoms with Crippen molar-refractivity contribution in [2.75, 3.05) is 6.73 Å². The SMILES string of the molecule is O=C(Cl)C[C@H]1C(=O)OCN1C(=O)OC(=O)c1ccccc1. The van der Waals surface area contributed by atoms with E-state index in [0.717, 1.165) is 4.90 Å². The fourth-order valence-electron chi connectivity index (χ4n) is 1.74. The average Bonchev–Trinajstić information content (AvgIpc) is 2.80. The van der Waals surface area contributed by atoms with Gasteiger partial charge in [0.15, 0.2) is 6.73 Å². The summed E-state index contributed by atoms with van der Waals surface area (Å²) in [7, 11) is 0. The fourth-order valence-corrected chi connectivity index (χ4v) is 1.89. The van der Waals surface area contributed by atoms with Gasteiger partial charge in [0.25, 0.3) is 0 Å². The second kappa shape index (κ2) is 6.36. The van der Waals surface area contributed by atoms with Crippen molar-refractivity contribution in [2.24, 2.45) is 0 Å². The van der Waals surface area contributed by atoms with Gasteiger partial charge in [-0.25, -0.2) is 14.4 Å². The van der Waals surface area contributed by atoms with Crippen LogP contribution in [0, 0.1) is 0 Å². The van der Waals surface area contributed by atoms with E-state index < -0.39 is 42.5 Å². The van der Waals surface area contributed by atoms with Crippen molar-refractivity contribution in [3.05, 3.63) is 35.9 Å². The highest BCUT2D eigenvalue weighted by Gasteiger charge is 2.40. The van der Waals surface area contributed by atoms with E-state index in [1.807, 2.05) is 0 Å². The quantitative estimate of drug-likeness (QED) is 0.475. The Labute approximate surface area is 124 Å². The standard InChI is InChI=1S/C13H10ClNO6/c14-10(16)6-9-12(18)20-7-15(9)13(19)21-11(17)8-4-2-1-3-5-8/h1-5,9H,6-7H2/t9-/m0/s1. The molecule has 0 aliphatic carbocycles. The van der Waals surface area contributed by atoms with Crippen molar-refractivity contribution in [3.8, 4) is 0 Å². The van der Waals surface area contributed by atoms with Gasteiger partial charge in [0, 0.05) is 0 Å². The Morgan fingerprint density at radius 2 is 1.95 bits per heavy atom. The third-order valence-electron chi connectivity index (χ3n) is 2.77. The molecule has 7 nitrogen and oxygen atoms in total. The number of benzene rings is 1. The van der Waals surface area contributed by atoms with Crippen LogP contribution in [0.15, 0.2) is 30.3 Å². The molecule has 0 unspecified atom stereocenters. The lowest BCUT2D eigenvalue weighted by Crippen LogP contribution is -2.40. The van der Waals surface area contributed by atoms with E-state index in [1.54, 1.807) is 18.2 Å². The van der Waals surface area contributed by atoms with E-state index >= 15 is 0 Å². The van der Waals surface area contributed by atoms with Gasteiger partial charge in [0.05, 0.1) is 12.0 Å². The first kappa shape index (κ1) is 15.0. The topological polar surface area (TPSA) is 90.0 Å². The molecule has 0 radical (unpaired) electrons. The molecular weight excluding hydrogens is 302 g/mol. The van der Waals surface area contributed by atoms with Gasteiger partial charge in [0.2, 0.25) is 5.24 Å². The number of amides is 1. The summed E-state index contributed by atoms with van der Waals surface area (Å²) in [6.07, 6.45) is -1.48. The minimum atomic E-state index is -1.17. The maximum absolute atomic E-state index is 11.9. The first-order valence-corrected chi connectivity index (χ1v) is 6.29. The van der Waals surface area contributed by atoms with E-state index in [4.69, 9.17) is 11.6 Å². The third-order valence-corrected chi connectivity index (χ3v) is 2.93. The monoisotopic (exact) mass is 311 g/mol. The summed E-state index contributed by atoms with van der Waals surface area (Å²) in [5.74, 6) is -1.64. The zero-order valence-corrected chi connectivity index (χ0v) is 11.4. The van der Waals surface area contributed by atoms with Crippen molar-refractivity contribution in [1.29, 1.82) is 0 Å². The largest absolute Gasteiger partial charge is 0.442 e. The highest BCUT2D eigenvalue weighted by Crippen LogP contribution is 2.17. The number of esters is 2. The number of carbonyl (C=O) groups excluding carboxylic acids is 4. The summed E-state index contributed by atoms with van der Waals surface area (Å²) < 4.78 is 9.29. The van der Waals surface area contributed by atoms with E-state index in [1.165, 1.54) is 12.1 Å². The van der Waals surface area contributed by atoms with Crippen molar-refractivity contribution in [3.63, 3.8) is 0 Å². The molecular formula is C13H10ClNO6. The Hall–Kier alpha value is -2.41. The molecule has 0 N–H and O–H groups in total. The molecule has 8 heteroatoms. The Morgan fingerprint density at radius 1 is 1.29 bits per heavy atom. The van der Waals surface area contributed by atoms with Crippen LogP contribution >= 0.6 is 11.6 Å². The molecule has 1 fully saturated rings. The highest BCUT2D eigenvalue weighted by atomic mass is 35.5. The Morgan fingerprint density at radius 3 is 2.57 bits per heavy atom. The summed E-state index contributed by atoms with van der Waals surface area (Å²) in [5, 5.41) is -0.800. The summed E-state index contributed by atoms with van der Waals surface area (Å²) in [6.45, 7) is -0.394. The van der Waals surface area contributed by atoms with Crippen molar-refractivity contribution < 1.29 is 28.7 Å². The van der Waals surface area contributed by atoms with Gasteiger partial charge < -0.3 is 9.47 Å². The number of rotatable bonds is 3. The van der Waals surface area contributed by atoms with E-state index in [0.29, 0.717) is 0 Å². The van der Waals surface area contributed by atoms with Crippen LogP contribution in [0.5, 0.6) is 0 Å². The minimum Gasteiger partial charge on any atom is -0.442 e. The molecule has 1 aromatic rings. The molecule has 21 heavy (non-hydrogen) atoms. The number of carbonyl (C=O) groups is 4. The second-order valence-electron chi connectivity index (χ2n) is 4.16. The molecule has 0 saturated carbocycles. The van der Waals surface area contributed by atoms with Crippen LogP contribution in [0.25, 0.3) is 0 Å². The Balaban J connectivity index is 2.04. The van der Waals surface area contributed by atoms with Gasteiger partial charge in [-0.1, -0.05) is 18.2 Å². The van der Waals surface area contributed by atoms with Crippen LogP contribution < -0.4 is 0 Å². The summed E-state index contributed by atoms with van der Waals surface area (Å²) in [5.41, 5.74) is 0.183. The molecule has 1 amide bonds. The minimum absolute atomic E-state index is 0.183. The summed E-state index contributed by atoms with van der Waals surface area (Å²) in [4.78, 5) is 46.7. The lowest BCUT2D eigenvalue weighted by Gasteiger charge is -2.17. The molecule has 0 bridgehead atoms. The molecule has 0 aromatic heterocycles. The number of hydrogen-bond donors (Lipinski definition) is 0. The molecule has 2 rings (SSSR count). The zero-order chi connectivity index (χ0) is 15.4. The Kier molecular flexibility index (Phi) is 4.54. The normalized spacial score (nSPS) is 17.3. The molecule has 1 aliphatic heterocycles. The number of ether oxygens (including phenoxy) is 2. The van der Waals surface area contributed by atoms with Gasteiger partial charge in [-0.05, 0) is 23.7 Å². The zero-order valence-electron chi connectivity index (χ0n) is 10.7. The fraction of sp³-hybridized carbons (Fsp3) is 0.231. The van der Waals surface area contributed by atoms with E-state index in [-0.39, 0.29) is 5.56 Å². The predicted molar refractivity (Wildman–Crippen MR) is 69.3 cm³/mol. The second-order valence-corrected chi connectivity index (χ2v) is 4.58.